The Balaban J connectivity index is 1.52. The van der Waals surface area contributed by atoms with Gasteiger partial charge in [0.15, 0.2) is 0 Å². The normalized spacial score (nSPS) is 16.1. The van der Waals surface area contributed by atoms with Crippen LogP contribution in [0, 0.1) is 0 Å². The molecule has 120 valence electrons. The fourth-order valence-electron chi connectivity index (χ4n) is 3.09. The summed E-state index contributed by atoms with van der Waals surface area (Å²) in [6, 6.07) is 20.2. The molecule has 0 aliphatic carbocycles. The molecule has 23 heavy (non-hydrogen) atoms. The van der Waals surface area contributed by atoms with Crippen LogP contribution in [0.15, 0.2) is 60.7 Å². The molecule has 0 saturated carbocycles. The monoisotopic (exact) mass is 308 g/mol. The van der Waals surface area contributed by atoms with Crippen molar-refractivity contribution < 1.29 is 4.79 Å². The molecule has 1 heterocycles. The molecule has 1 aliphatic heterocycles. The molecular weight excluding hydrogens is 284 g/mol. The van der Waals surface area contributed by atoms with Crippen LogP contribution in [0.25, 0.3) is 0 Å². The largest absolute Gasteiger partial charge is 0.337 e. The molecule has 0 radical (unpaired) electrons. The molecule has 1 fully saturated rings. The second-order valence-electron chi connectivity index (χ2n) is 6.09. The molecule has 1 saturated heterocycles. The molecule has 1 aliphatic rings. The lowest BCUT2D eigenvalue weighted by atomic mass is 10.1. The molecule has 2 aromatic rings. The van der Waals surface area contributed by atoms with Gasteiger partial charge in [-0.15, -0.1) is 0 Å². The van der Waals surface area contributed by atoms with Gasteiger partial charge in [0.2, 0.25) is 0 Å². The summed E-state index contributed by atoms with van der Waals surface area (Å²) >= 11 is 0. The average molecular weight is 308 g/mol. The molecule has 0 atom stereocenters. The van der Waals surface area contributed by atoms with E-state index in [9.17, 15) is 4.79 Å². The Morgan fingerprint density at radius 1 is 0.826 bits per heavy atom. The predicted octanol–water partition coefficient (Wildman–Crippen LogP) is 3.08. The first kappa shape index (κ1) is 15.8. The summed E-state index contributed by atoms with van der Waals surface area (Å²) in [5.74, 6) is 0.163. The average Bonchev–Trinajstić information content (AvgIpc) is 2.87. The number of rotatable bonds is 4. The van der Waals surface area contributed by atoms with Crippen LogP contribution in [0.5, 0.6) is 0 Å². The smallest absolute Gasteiger partial charge is 0.253 e. The summed E-state index contributed by atoms with van der Waals surface area (Å²) in [4.78, 5) is 17.0. The second kappa shape index (κ2) is 7.93. The Kier molecular flexibility index (Phi) is 5.43. The SMILES string of the molecule is O=C(c1ccccc1)N1CCCN(CCc2ccccc2)CC1. The van der Waals surface area contributed by atoms with Gasteiger partial charge in [-0.05, 0) is 37.1 Å². The van der Waals surface area contributed by atoms with E-state index in [4.69, 9.17) is 0 Å². The van der Waals surface area contributed by atoms with Crippen LogP contribution in [0.4, 0.5) is 0 Å². The van der Waals surface area contributed by atoms with Gasteiger partial charge in [0.1, 0.15) is 0 Å². The van der Waals surface area contributed by atoms with Crippen molar-refractivity contribution in [1.29, 1.82) is 0 Å². The lowest BCUT2D eigenvalue weighted by molar-refractivity contribution is 0.0761. The lowest BCUT2D eigenvalue weighted by Gasteiger charge is -2.22. The molecular formula is C20H24N2O. The Morgan fingerprint density at radius 2 is 1.52 bits per heavy atom. The molecule has 0 aromatic heterocycles. The van der Waals surface area contributed by atoms with Gasteiger partial charge >= 0.3 is 0 Å². The van der Waals surface area contributed by atoms with Crippen molar-refractivity contribution in [1.82, 2.24) is 9.80 Å². The minimum absolute atomic E-state index is 0.163. The summed E-state index contributed by atoms with van der Waals surface area (Å²) in [6.07, 6.45) is 2.13. The fraction of sp³-hybridized carbons (Fsp3) is 0.350. The maximum Gasteiger partial charge on any atom is 0.253 e. The minimum Gasteiger partial charge on any atom is -0.337 e. The fourth-order valence-corrected chi connectivity index (χ4v) is 3.09. The van der Waals surface area contributed by atoms with Crippen LogP contribution >= 0.6 is 0 Å². The number of hydrogen-bond donors (Lipinski definition) is 0. The Morgan fingerprint density at radius 3 is 2.26 bits per heavy atom. The third-order valence-corrected chi connectivity index (χ3v) is 4.46. The first-order valence-corrected chi connectivity index (χ1v) is 8.43. The van der Waals surface area contributed by atoms with Crippen molar-refractivity contribution in [3.63, 3.8) is 0 Å². The number of nitrogens with zero attached hydrogens (tertiary/aromatic N) is 2. The zero-order valence-electron chi connectivity index (χ0n) is 13.5. The highest BCUT2D eigenvalue weighted by Gasteiger charge is 2.19. The minimum atomic E-state index is 0.163. The highest BCUT2D eigenvalue weighted by Crippen LogP contribution is 2.10. The zero-order valence-corrected chi connectivity index (χ0v) is 13.5. The first-order chi connectivity index (χ1) is 11.3. The Labute approximate surface area is 138 Å². The van der Waals surface area contributed by atoms with E-state index in [1.54, 1.807) is 0 Å². The molecule has 3 nitrogen and oxygen atoms in total. The maximum absolute atomic E-state index is 12.5. The summed E-state index contributed by atoms with van der Waals surface area (Å²) < 4.78 is 0. The van der Waals surface area contributed by atoms with Crippen LogP contribution in [0.3, 0.4) is 0 Å². The van der Waals surface area contributed by atoms with Crippen LogP contribution < -0.4 is 0 Å². The van der Waals surface area contributed by atoms with E-state index in [-0.39, 0.29) is 5.91 Å². The van der Waals surface area contributed by atoms with E-state index < -0.39 is 0 Å². The highest BCUT2D eigenvalue weighted by molar-refractivity contribution is 5.94. The van der Waals surface area contributed by atoms with Crippen molar-refractivity contribution in [3.05, 3.63) is 71.8 Å². The molecule has 2 aromatic carbocycles. The quantitative estimate of drug-likeness (QED) is 0.866. The number of amides is 1. The molecule has 0 N–H and O–H groups in total. The molecule has 3 rings (SSSR count). The summed E-state index contributed by atoms with van der Waals surface area (Å²) in [5.41, 5.74) is 2.18. The van der Waals surface area contributed by atoms with Crippen LogP contribution in [0.2, 0.25) is 0 Å². The van der Waals surface area contributed by atoms with Crippen LogP contribution in [0.1, 0.15) is 22.3 Å². The van der Waals surface area contributed by atoms with Crippen molar-refractivity contribution in [2.45, 2.75) is 12.8 Å². The predicted molar refractivity (Wildman–Crippen MR) is 93.5 cm³/mol. The second-order valence-corrected chi connectivity index (χ2v) is 6.09. The maximum atomic E-state index is 12.5. The van der Waals surface area contributed by atoms with Gasteiger partial charge in [-0.2, -0.15) is 0 Å². The van der Waals surface area contributed by atoms with Crippen LogP contribution in [-0.4, -0.2) is 48.4 Å². The van der Waals surface area contributed by atoms with Gasteiger partial charge in [0.25, 0.3) is 5.91 Å². The third-order valence-electron chi connectivity index (χ3n) is 4.46. The van der Waals surface area contributed by atoms with Gasteiger partial charge in [0.05, 0.1) is 0 Å². The lowest BCUT2D eigenvalue weighted by Crippen LogP contribution is -2.35. The van der Waals surface area contributed by atoms with E-state index in [1.807, 2.05) is 35.2 Å². The molecule has 3 heteroatoms. The van der Waals surface area contributed by atoms with Gasteiger partial charge in [0, 0.05) is 31.7 Å². The highest BCUT2D eigenvalue weighted by atomic mass is 16.2. The first-order valence-electron chi connectivity index (χ1n) is 8.43. The van der Waals surface area contributed by atoms with E-state index in [0.717, 1.165) is 51.1 Å². The molecule has 0 unspecified atom stereocenters. The van der Waals surface area contributed by atoms with E-state index >= 15 is 0 Å². The van der Waals surface area contributed by atoms with Crippen molar-refractivity contribution in [2.75, 3.05) is 32.7 Å². The van der Waals surface area contributed by atoms with Crippen molar-refractivity contribution >= 4 is 5.91 Å². The van der Waals surface area contributed by atoms with E-state index in [0.29, 0.717) is 0 Å². The topological polar surface area (TPSA) is 23.6 Å². The molecule has 1 amide bonds. The van der Waals surface area contributed by atoms with Crippen LogP contribution in [-0.2, 0) is 6.42 Å². The third kappa shape index (κ3) is 4.42. The molecule has 0 bridgehead atoms. The number of carbonyl (C=O) groups excluding carboxylic acids is 1. The Hall–Kier alpha value is -2.13. The van der Waals surface area contributed by atoms with E-state index in [2.05, 4.69) is 35.2 Å². The molecule has 0 spiro atoms. The number of benzene rings is 2. The van der Waals surface area contributed by atoms with Crippen molar-refractivity contribution in [3.8, 4) is 0 Å². The standard InChI is InChI=1S/C20H24N2O/c23-20(19-10-5-2-6-11-19)22-14-7-13-21(16-17-22)15-12-18-8-3-1-4-9-18/h1-6,8-11H,7,12-17H2. The Bertz CT molecular complexity index is 612. The van der Waals surface area contributed by atoms with Gasteiger partial charge in [-0.3, -0.25) is 4.79 Å². The van der Waals surface area contributed by atoms with Gasteiger partial charge in [-0.25, -0.2) is 0 Å². The summed E-state index contributed by atoms with van der Waals surface area (Å²) in [7, 11) is 0. The van der Waals surface area contributed by atoms with E-state index in [1.165, 1.54) is 5.56 Å². The van der Waals surface area contributed by atoms with Gasteiger partial charge in [-0.1, -0.05) is 48.5 Å². The van der Waals surface area contributed by atoms with Gasteiger partial charge < -0.3 is 9.80 Å². The number of hydrogen-bond acceptors (Lipinski definition) is 2. The summed E-state index contributed by atoms with van der Waals surface area (Å²) in [6.45, 7) is 4.78. The van der Waals surface area contributed by atoms with Crippen molar-refractivity contribution in [2.24, 2.45) is 0 Å². The zero-order chi connectivity index (χ0) is 15.9. The summed E-state index contributed by atoms with van der Waals surface area (Å²) in [5, 5.41) is 0. The number of carbonyl (C=O) groups is 1.